The van der Waals surface area contributed by atoms with E-state index >= 15 is 0 Å². The maximum absolute atomic E-state index is 2.30. The summed E-state index contributed by atoms with van der Waals surface area (Å²) in [6, 6.07) is 45.2. The SMILES string of the molecule is Cc1ccc(N(c2ccc(C)cc2)c2ccc(C=Cc3ccccc3-c3ccccc3)cc2)cc1. The van der Waals surface area contributed by atoms with Gasteiger partial charge in [-0.05, 0) is 72.5 Å². The van der Waals surface area contributed by atoms with Gasteiger partial charge in [0.15, 0.2) is 0 Å². The van der Waals surface area contributed by atoms with Gasteiger partial charge in [0, 0.05) is 17.1 Å². The van der Waals surface area contributed by atoms with Crippen LogP contribution in [0.4, 0.5) is 17.1 Å². The van der Waals surface area contributed by atoms with E-state index in [1.54, 1.807) is 0 Å². The van der Waals surface area contributed by atoms with Crippen molar-refractivity contribution in [3.8, 4) is 11.1 Å². The summed E-state index contributed by atoms with van der Waals surface area (Å²) in [4.78, 5) is 2.30. The maximum atomic E-state index is 2.30. The molecule has 0 aliphatic heterocycles. The summed E-state index contributed by atoms with van der Waals surface area (Å²) in [5.41, 5.74) is 10.8. The zero-order valence-electron chi connectivity index (χ0n) is 20.2. The molecule has 0 N–H and O–H groups in total. The second kappa shape index (κ2) is 10.3. The number of nitrogens with zero attached hydrogens (tertiary/aromatic N) is 1. The molecule has 0 aliphatic carbocycles. The molecule has 5 rings (SSSR count). The van der Waals surface area contributed by atoms with Gasteiger partial charge < -0.3 is 4.90 Å². The average molecular weight is 452 g/mol. The smallest absolute Gasteiger partial charge is 0.0462 e. The van der Waals surface area contributed by atoms with Crippen molar-refractivity contribution in [1.82, 2.24) is 0 Å². The molecule has 0 fully saturated rings. The highest BCUT2D eigenvalue weighted by Crippen LogP contribution is 2.35. The van der Waals surface area contributed by atoms with E-state index in [2.05, 4.69) is 158 Å². The molecule has 5 aromatic carbocycles. The number of benzene rings is 5. The van der Waals surface area contributed by atoms with Crippen LogP contribution in [-0.2, 0) is 0 Å². The molecular formula is C34H29N. The van der Waals surface area contributed by atoms with Gasteiger partial charge in [-0.2, -0.15) is 0 Å². The molecular weight excluding hydrogens is 422 g/mol. The van der Waals surface area contributed by atoms with Gasteiger partial charge in [0.05, 0.1) is 0 Å². The fraction of sp³-hybridized carbons (Fsp3) is 0.0588. The third-order valence-electron chi connectivity index (χ3n) is 6.24. The van der Waals surface area contributed by atoms with E-state index in [9.17, 15) is 0 Å². The van der Waals surface area contributed by atoms with Crippen molar-refractivity contribution in [1.29, 1.82) is 0 Å². The van der Waals surface area contributed by atoms with E-state index in [0.29, 0.717) is 0 Å². The average Bonchev–Trinajstić information content (AvgIpc) is 2.91. The van der Waals surface area contributed by atoms with Crippen LogP contribution in [0.25, 0.3) is 23.3 Å². The zero-order chi connectivity index (χ0) is 24.0. The van der Waals surface area contributed by atoms with E-state index in [1.807, 2.05) is 0 Å². The van der Waals surface area contributed by atoms with Crippen molar-refractivity contribution in [3.05, 3.63) is 150 Å². The van der Waals surface area contributed by atoms with Gasteiger partial charge in [-0.1, -0.05) is 114 Å². The predicted octanol–water partition coefficient (Wildman–Crippen LogP) is 9.61. The van der Waals surface area contributed by atoms with Crippen molar-refractivity contribution in [2.24, 2.45) is 0 Å². The minimum Gasteiger partial charge on any atom is -0.311 e. The van der Waals surface area contributed by atoms with Crippen LogP contribution in [0.5, 0.6) is 0 Å². The van der Waals surface area contributed by atoms with Crippen LogP contribution >= 0.6 is 0 Å². The molecule has 0 radical (unpaired) electrons. The first-order valence-corrected chi connectivity index (χ1v) is 12.0. The molecule has 0 atom stereocenters. The van der Waals surface area contributed by atoms with Crippen molar-refractivity contribution < 1.29 is 0 Å². The molecule has 1 heteroatoms. The van der Waals surface area contributed by atoms with Gasteiger partial charge in [-0.15, -0.1) is 0 Å². The maximum Gasteiger partial charge on any atom is 0.0462 e. The zero-order valence-corrected chi connectivity index (χ0v) is 20.2. The Hall–Kier alpha value is -4.36. The van der Waals surface area contributed by atoms with Crippen molar-refractivity contribution in [2.45, 2.75) is 13.8 Å². The predicted molar refractivity (Wildman–Crippen MR) is 151 cm³/mol. The fourth-order valence-corrected chi connectivity index (χ4v) is 4.28. The summed E-state index contributed by atoms with van der Waals surface area (Å²) in [6.45, 7) is 4.24. The van der Waals surface area contributed by atoms with Gasteiger partial charge in [-0.3, -0.25) is 0 Å². The lowest BCUT2D eigenvalue weighted by atomic mass is 9.99. The van der Waals surface area contributed by atoms with E-state index in [1.165, 1.54) is 33.4 Å². The Kier molecular flexibility index (Phi) is 6.59. The molecule has 5 aromatic rings. The monoisotopic (exact) mass is 451 g/mol. The topological polar surface area (TPSA) is 3.24 Å². The standard InChI is InChI=1S/C34H29N/c1-26-12-20-31(21-13-26)35(32-22-14-27(2)15-23-32)33-24-17-28(18-25-33)16-19-30-10-6-7-11-34(30)29-8-4-3-5-9-29/h3-25H,1-2H3. The van der Waals surface area contributed by atoms with Crippen LogP contribution in [0.1, 0.15) is 22.3 Å². The summed E-state index contributed by atoms with van der Waals surface area (Å²) < 4.78 is 0. The van der Waals surface area contributed by atoms with Crippen molar-refractivity contribution >= 4 is 29.2 Å². The molecule has 0 unspecified atom stereocenters. The lowest BCUT2D eigenvalue weighted by Crippen LogP contribution is -2.09. The van der Waals surface area contributed by atoms with Gasteiger partial charge >= 0.3 is 0 Å². The van der Waals surface area contributed by atoms with E-state index in [0.717, 1.165) is 17.1 Å². The quantitative estimate of drug-likeness (QED) is 0.232. The molecule has 0 saturated carbocycles. The summed E-state index contributed by atoms with van der Waals surface area (Å²) >= 11 is 0. The number of anilines is 3. The fourth-order valence-electron chi connectivity index (χ4n) is 4.28. The molecule has 0 spiro atoms. The molecule has 0 amide bonds. The van der Waals surface area contributed by atoms with Crippen LogP contribution in [0.15, 0.2) is 127 Å². The molecule has 170 valence electrons. The van der Waals surface area contributed by atoms with E-state index < -0.39 is 0 Å². The lowest BCUT2D eigenvalue weighted by Gasteiger charge is -2.25. The molecule has 0 aromatic heterocycles. The number of rotatable bonds is 6. The number of hydrogen-bond donors (Lipinski definition) is 0. The molecule has 0 saturated heterocycles. The minimum atomic E-state index is 1.14. The van der Waals surface area contributed by atoms with Crippen LogP contribution < -0.4 is 4.90 Å². The van der Waals surface area contributed by atoms with Gasteiger partial charge in [0.25, 0.3) is 0 Å². The van der Waals surface area contributed by atoms with E-state index in [-0.39, 0.29) is 0 Å². The summed E-state index contributed by atoms with van der Waals surface area (Å²) in [5.74, 6) is 0. The Bertz CT molecular complexity index is 1370. The van der Waals surface area contributed by atoms with Crippen LogP contribution in [0, 0.1) is 13.8 Å². The second-order valence-electron chi connectivity index (χ2n) is 8.88. The highest BCUT2D eigenvalue weighted by Gasteiger charge is 2.12. The van der Waals surface area contributed by atoms with Crippen molar-refractivity contribution in [2.75, 3.05) is 4.90 Å². The third-order valence-corrected chi connectivity index (χ3v) is 6.24. The lowest BCUT2D eigenvalue weighted by molar-refractivity contribution is 1.27. The Morgan fingerprint density at radius 1 is 0.457 bits per heavy atom. The largest absolute Gasteiger partial charge is 0.311 e. The molecule has 35 heavy (non-hydrogen) atoms. The Labute approximate surface area is 208 Å². The Balaban J connectivity index is 1.45. The molecule has 1 nitrogen and oxygen atoms in total. The third kappa shape index (κ3) is 5.26. The highest BCUT2D eigenvalue weighted by molar-refractivity contribution is 5.82. The highest BCUT2D eigenvalue weighted by atomic mass is 15.1. The van der Waals surface area contributed by atoms with Crippen LogP contribution in [0.3, 0.4) is 0 Å². The summed E-state index contributed by atoms with van der Waals surface area (Å²) in [6.07, 6.45) is 4.39. The van der Waals surface area contributed by atoms with E-state index in [4.69, 9.17) is 0 Å². The first-order chi connectivity index (χ1) is 17.2. The van der Waals surface area contributed by atoms with Gasteiger partial charge in [0.2, 0.25) is 0 Å². The second-order valence-corrected chi connectivity index (χ2v) is 8.88. The molecule has 0 heterocycles. The van der Waals surface area contributed by atoms with Gasteiger partial charge in [0.1, 0.15) is 0 Å². The first kappa shape index (κ1) is 22.4. The Morgan fingerprint density at radius 2 is 0.943 bits per heavy atom. The minimum absolute atomic E-state index is 1.14. The summed E-state index contributed by atoms with van der Waals surface area (Å²) in [7, 11) is 0. The molecule has 0 aliphatic rings. The first-order valence-electron chi connectivity index (χ1n) is 12.0. The number of hydrogen-bond acceptors (Lipinski definition) is 1. The van der Waals surface area contributed by atoms with Crippen LogP contribution in [-0.4, -0.2) is 0 Å². The van der Waals surface area contributed by atoms with Crippen LogP contribution in [0.2, 0.25) is 0 Å². The normalized spacial score (nSPS) is 11.0. The van der Waals surface area contributed by atoms with Crippen molar-refractivity contribution in [3.63, 3.8) is 0 Å². The summed E-state index contributed by atoms with van der Waals surface area (Å²) in [5, 5.41) is 0. The molecule has 0 bridgehead atoms. The van der Waals surface area contributed by atoms with Gasteiger partial charge in [-0.25, -0.2) is 0 Å². The Morgan fingerprint density at radius 3 is 1.51 bits per heavy atom. The number of aryl methyl sites for hydroxylation is 2.